The number of amides is 1. The first-order chi connectivity index (χ1) is 11.5. The van der Waals surface area contributed by atoms with Crippen molar-refractivity contribution in [2.24, 2.45) is 5.41 Å². The van der Waals surface area contributed by atoms with Crippen molar-refractivity contribution in [2.75, 3.05) is 6.61 Å². The standard InChI is InChI=1S/C18H17NO4S/c20-15(18-9-17(10-18,11-23-18)16(21)22)19-8-13-6-7-14(24-13)12-4-2-1-3-5-12/h1-7H,8-11H2,(H,19,20)(H,21,22). The van der Waals surface area contributed by atoms with Gasteiger partial charge >= 0.3 is 5.97 Å². The monoisotopic (exact) mass is 343 g/mol. The molecule has 5 rings (SSSR count). The average Bonchev–Trinajstić information content (AvgIpc) is 3.26. The largest absolute Gasteiger partial charge is 0.481 e. The summed E-state index contributed by atoms with van der Waals surface area (Å²) in [4.78, 5) is 25.8. The molecule has 2 saturated heterocycles. The van der Waals surface area contributed by atoms with Crippen LogP contribution in [-0.4, -0.2) is 29.2 Å². The second-order valence-corrected chi connectivity index (χ2v) is 7.70. The Bertz CT molecular complexity index is 792. The average molecular weight is 343 g/mol. The van der Waals surface area contributed by atoms with E-state index in [1.54, 1.807) is 11.3 Å². The fraction of sp³-hybridized carbons (Fsp3) is 0.333. The van der Waals surface area contributed by atoms with Crippen LogP contribution in [0.5, 0.6) is 0 Å². The number of nitrogens with one attached hydrogen (secondary N) is 1. The van der Waals surface area contributed by atoms with E-state index in [2.05, 4.69) is 17.4 Å². The smallest absolute Gasteiger partial charge is 0.312 e. The molecule has 1 aromatic carbocycles. The Hall–Kier alpha value is -2.18. The van der Waals surface area contributed by atoms with Gasteiger partial charge in [0.25, 0.3) is 5.91 Å². The Balaban J connectivity index is 1.38. The normalized spacial score (nSPS) is 27.5. The third kappa shape index (κ3) is 2.34. The predicted octanol–water partition coefficient (Wildman–Crippen LogP) is 2.67. The van der Waals surface area contributed by atoms with E-state index in [1.165, 1.54) is 0 Å². The van der Waals surface area contributed by atoms with Gasteiger partial charge in [0.05, 0.1) is 18.6 Å². The lowest BCUT2D eigenvalue weighted by molar-refractivity contribution is -0.158. The predicted molar refractivity (Wildman–Crippen MR) is 89.6 cm³/mol. The molecule has 124 valence electrons. The Morgan fingerprint density at radius 3 is 2.58 bits per heavy atom. The zero-order chi connectivity index (χ0) is 16.8. The first-order valence-corrected chi connectivity index (χ1v) is 8.65. The van der Waals surface area contributed by atoms with Gasteiger partial charge in [-0.15, -0.1) is 11.3 Å². The highest BCUT2D eigenvalue weighted by Gasteiger charge is 2.70. The maximum Gasteiger partial charge on any atom is 0.312 e. The number of rotatable bonds is 5. The summed E-state index contributed by atoms with van der Waals surface area (Å²) >= 11 is 1.64. The molecular formula is C18H17NO4S. The molecule has 3 aliphatic rings. The van der Waals surface area contributed by atoms with Gasteiger partial charge in [0.1, 0.15) is 5.60 Å². The summed E-state index contributed by atoms with van der Waals surface area (Å²) in [5.74, 6) is -1.07. The van der Waals surface area contributed by atoms with Crippen molar-refractivity contribution in [3.8, 4) is 10.4 Å². The van der Waals surface area contributed by atoms with Crippen molar-refractivity contribution in [1.29, 1.82) is 0 Å². The molecule has 0 unspecified atom stereocenters. The van der Waals surface area contributed by atoms with Crippen LogP contribution >= 0.6 is 11.3 Å². The lowest BCUT2D eigenvalue weighted by Gasteiger charge is -2.40. The molecule has 2 bridgehead atoms. The van der Waals surface area contributed by atoms with E-state index in [1.807, 2.05) is 30.3 Å². The minimum Gasteiger partial charge on any atom is -0.481 e. The molecule has 1 aliphatic carbocycles. The molecule has 1 aromatic heterocycles. The summed E-state index contributed by atoms with van der Waals surface area (Å²) in [7, 11) is 0. The number of carbonyl (C=O) groups is 2. The molecule has 3 heterocycles. The Labute approximate surface area is 143 Å². The first kappa shape index (κ1) is 15.4. The van der Waals surface area contributed by atoms with Crippen LogP contribution in [0.4, 0.5) is 0 Å². The van der Waals surface area contributed by atoms with Gasteiger partial charge in [0.2, 0.25) is 0 Å². The number of hydrogen-bond acceptors (Lipinski definition) is 4. The van der Waals surface area contributed by atoms with Crippen molar-refractivity contribution in [3.63, 3.8) is 0 Å². The maximum absolute atomic E-state index is 12.4. The van der Waals surface area contributed by atoms with E-state index in [4.69, 9.17) is 4.74 Å². The van der Waals surface area contributed by atoms with E-state index in [0.717, 1.165) is 15.3 Å². The minimum atomic E-state index is -0.933. The Morgan fingerprint density at radius 1 is 1.17 bits per heavy atom. The van der Waals surface area contributed by atoms with E-state index in [9.17, 15) is 14.7 Å². The second kappa shape index (κ2) is 5.43. The molecule has 0 spiro atoms. The highest BCUT2D eigenvalue weighted by molar-refractivity contribution is 7.15. The van der Waals surface area contributed by atoms with E-state index < -0.39 is 17.0 Å². The number of carboxylic acid groups (broad SMARTS) is 1. The van der Waals surface area contributed by atoms with Crippen LogP contribution in [0.25, 0.3) is 10.4 Å². The topological polar surface area (TPSA) is 75.6 Å². The molecule has 0 radical (unpaired) electrons. The molecule has 2 aliphatic heterocycles. The number of hydrogen-bond donors (Lipinski definition) is 2. The van der Waals surface area contributed by atoms with Crippen LogP contribution in [0.15, 0.2) is 42.5 Å². The Morgan fingerprint density at radius 2 is 1.92 bits per heavy atom. The third-order valence-electron chi connectivity index (χ3n) is 4.88. The van der Waals surface area contributed by atoms with Gasteiger partial charge in [-0.05, 0) is 17.7 Å². The SMILES string of the molecule is O=C(O)C12COC(C(=O)NCc3ccc(-c4ccccc4)s3)(C1)C2. The summed E-state index contributed by atoms with van der Waals surface area (Å²) in [5.41, 5.74) is -0.624. The molecule has 24 heavy (non-hydrogen) atoms. The van der Waals surface area contributed by atoms with Gasteiger partial charge in [-0.3, -0.25) is 9.59 Å². The second-order valence-electron chi connectivity index (χ2n) is 6.54. The van der Waals surface area contributed by atoms with Crippen LogP contribution in [0.3, 0.4) is 0 Å². The molecule has 0 atom stereocenters. The molecule has 2 aromatic rings. The third-order valence-corrected chi connectivity index (χ3v) is 6.02. The number of ether oxygens (including phenoxy) is 1. The number of carboxylic acids is 1. The number of benzene rings is 1. The van der Waals surface area contributed by atoms with Crippen molar-refractivity contribution in [1.82, 2.24) is 5.32 Å². The molecule has 3 fully saturated rings. The van der Waals surface area contributed by atoms with Gasteiger partial charge < -0.3 is 15.2 Å². The van der Waals surface area contributed by atoms with Crippen molar-refractivity contribution < 1.29 is 19.4 Å². The van der Waals surface area contributed by atoms with E-state index >= 15 is 0 Å². The van der Waals surface area contributed by atoms with Crippen LogP contribution in [0.1, 0.15) is 17.7 Å². The van der Waals surface area contributed by atoms with Gasteiger partial charge in [-0.1, -0.05) is 30.3 Å². The lowest BCUT2D eigenvalue weighted by Crippen LogP contribution is -2.56. The van der Waals surface area contributed by atoms with E-state index in [0.29, 0.717) is 6.54 Å². The zero-order valence-electron chi connectivity index (χ0n) is 13.0. The molecule has 6 heteroatoms. The zero-order valence-corrected chi connectivity index (χ0v) is 13.8. The molecule has 1 amide bonds. The van der Waals surface area contributed by atoms with Crippen LogP contribution in [0, 0.1) is 5.41 Å². The lowest BCUT2D eigenvalue weighted by atomic mass is 9.62. The molecular weight excluding hydrogens is 326 g/mol. The van der Waals surface area contributed by atoms with Gasteiger partial charge in [0, 0.05) is 22.6 Å². The highest BCUT2D eigenvalue weighted by Crippen LogP contribution is 2.58. The maximum atomic E-state index is 12.4. The van der Waals surface area contributed by atoms with E-state index in [-0.39, 0.29) is 25.4 Å². The number of carbonyl (C=O) groups excluding carboxylic acids is 1. The fourth-order valence-electron chi connectivity index (χ4n) is 3.52. The summed E-state index contributed by atoms with van der Waals surface area (Å²) in [6.07, 6.45) is 0.557. The summed E-state index contributed by atoms with van der Waals surface area (Å²) in [5, 5.41) is 12.1. The van der Waals surface area contributed by atoms with Crippen molar-refractivity contribution >= 4 is 23.2 Å². The van der Waals surface area contributed by atoms with Crippen LogP contribution in [-0.2, 0) is 20.9 Å². The Kier molecular flexibility index (Phi) is 3.47. The molecule has 1 saturated carbocycles. The van der Waals surface area contributed by atoms with Crippen LogP contribution < -0.4 is 5.32 Å². The molecule has 2 N–H and O–H groups in total. The van der Waals surface area contributed by atoms with Gasteiger partial charge in [-0.25, -0.2) is 0 Å². The number of thiophene rings is 1. The number of aliphatic carboxylic acids is 1. The highest BCUT2D eigenvalue weighted by atomic mass is 32.1. The summed E-state index contributed by atoms with van der Waals surface area (Å²) < 4.78 is 5.51. The van der Waals surface area contributed by atoms with Gasteiger partial charge in [-0.2, -0.15) is 0 Å². The van der Waals surface area contributed by atoms with Crippen molar-refractivity contribution in [2.45, 2.75) is 25.0 Å². The quantitative estimate of drug-likeness (QED) is 0.875. The van der Waals surface area contributed by atoms with Crippen LogP contribution in [0.2, 0.25) is 0 Å². The fourth-order valence-corrected chi connectivity index (χ4v) is 4.47. The van der Waals surface area contributed by atoms with Gasteiger partial charge in [0.15, 0.2) is 0 Å². The first-order valence-electron chi connectivity index (χ1n) is 7.83. The molecule has 5 nitrogen and oxygen atoms in total. The minimum absolute atomic E-state index is 0.132. The number of fused-ring (bicyclic) bond motifs is 1. The van der Waals surface area contributed by atoms with Crippen molar-refractivity contribution in [3.05, 3.63) is 47.3 Å². The summed E-state index contributed by atoms with van der Waals surface area (Å²) in [6, 6.07) is 14.1. The summed E-state index contributed by atoms with van der Waals surface area (Å²) in [6.45, 7) is 0.564.